The van der Waals surface area contributed by atoms with E-state index in [2.05, 4.69) is 6.58 Å². The van der Waals surface area contributed by atoms with Crippen LogP contribution in [-0.4, -0.2) is 30.2 Å². The van der Waals surface area contributed by atoms with Gasteiger partial charge in [-0.1, -0.05) is 17.7 Å². The fourth-order valence-electron chi connectivity index (χ4n) is 2.12. The number of thiophene rings is 1. The van der Waals surface area contributed by atoms with Crippen LogP contribution in [0.15, 0.2) is 53.9 Å². The van der Waals surface area contributed by atoms with Crippen molar-refractivity contribution in [1.29, 1.82) is 0 Å². The molecule has 0 saturated heterocycles. The summed E-state index contributed by atoms with van der Waals surface area (Å²) in [5, 5.41) is 0. The zero-order valence-corrected chi connectivity index (χ0v) is 15.9. The highest BCUT2D eigenvalue weighted by Gasteiger charge is 2.13. The van der Waals surface area contributed by atoms with E-state index in [1.54, 1.807) is 24.9 Å². The molecule has 1 heterocycles. The molecule has 3 nitrogen and oxygen atoms in total. The molecule has 1 aromatic heterocycles. The molecule has 1 amide bonds. The minimum atomic E-state index is 0.125. The molecule has 0 aliphatic carbocycles. The summed E-state index contributed by atoms with van der Waals surface area (Å²) in [5.41, 5.74) is 0. The first-order valence-corrected chi connectivity index (χ1v) is 9.70. The van der Waals surface area contributed by atoms with Gasteiger partial charge < -0.3 is 9.64 Å². The van der Waals surface area contributed by atoms with Gasteiger partial charge in [-0.3, -0.25) is 4.79 Å². The van der Waals surface area contributed by atoms with Crippen LogP contribution in [-0.2, 0) is 11.3 Å². The van der Waals surface area contributed by atoms with E-state index in [1.165, 1.54) is 11.3 Å². The summed E-state index contributed by atoms with van der Waals surface area (Å²) in [6, 6.07) is 11.7. The summed E-state index contributed by atoms with van der Waals surface area (Å²) in [4.78, 5) is 16.5. The zero-order chi connectivity index (χ0) is 17.4. The SMILES string of the molecule is C=CCN(Cc1ccc(Cl)s1)C(=O)CCSc1ccc(OC)cc1. The molecule has 128 valence electrons. The number of nitrogens with zero attached hydrogens (tertiary/aromatic N) is 1. The summed E-state index contributed by atoms with van der Waals surface area (Å²) >= 11 is 9.13. The normalized spacial score (nSPS) is 10.4. The van der Waals surface area contributed by atoms with Crippen LogP contribution in [0.1, 0.15) is 11.3 Å². The Kier molecular flexibility index (Phi) is 7.69. The number of hydrogen-bond donors (Lipinski definition) is 0. The molecule has 0 aliphatic heterocycles. The lowest BCUT2D eigenvalue weighted by Gasteiger charge is -2.20. The van der Waals surface area contributed by atoms with Gasteiger partial charge in [0.1, 0.15) is 5.75 Å². The van der Waals surface area contributed by atoms with Crippen LogP contribution in [0.4, 0.5) is 0 Å². The van der Waals surface area contributed by atoms with Crippen molar-refractivity contribution in [2.75, 3.05) is 19.4 Å². The first kappa shape index (κ1) is 18.9. The number of carbonyl (C=O) groups is 1. The Balaban J connectivity index is 1.84. The van der Waals surface area contributed by atoms with Crippen molar-refractivity contribution in [3.05, 3.63) is 58.3 Å². The maximum absolute atomic E-state index is 12.5. The van der Waals surface area contributed by atoms with Crippen molar-refractivity contribution >= 4 is 40.6 Å². The standard InChI is InChI=1S/C18H20ClNO2S2/c1-3-11-20(13-16-8-9-17(19)24-16)18(21)10-12-23-15-6-4-14(22-2)5-7-15/h3-9H,1,10-13H2,2H3. The topological polar surface area (TPSA) is 29.5 Å². The number of benzene rings is 1. The van der Waals surface area contributed by atoms with E-state index in [0.717, 1.165) is 25.6 Å². The fourth-order valence-corrected chi connectivity index (χ4v) is 4.07. The summed E-state index contributed by atoms with van der Waals surface area (Å²) in [5.74, 6) is 1.70. The number of rotatable bonds is 9. The van der Waals surface area contributed by atoms with Crippen molar-refractivity contribution in [3.63, 3.8) is 0 Å². The van der Waals surface area contributed by atoms with E-state index >= 15 is 0 Å². The van der Waals surface area contributed by atoms with Gasteiger partial charge in [-0.2, -0.15) is 0 Å². The maximum Gasteiger partial charge on any atom is 0.224 e. The third-order valence-corrected chi connectivity index (χ3v) is 5.55. The molecule has 0 unspecified atom stereocenters. The molecule has 0 saturated carbocycles. The fraction of sp³-hybridized carbons (Fsp3) is 0.278. The van der Waals surface area contributed by atoms with Gasteiger partial charge in [-0.05, 0) is 36.4 Å². The number of carbonyl (C=O) groups excluding carboxylic acids is 1. The molecule has 0 radical (unpaired) electrons. The zero-order valence-electron chi connectivity index (χ0n) is 13.5. The van der Waals surface area contributed by atoms with Crippen molar-refractivity contribution in [2.24, 2.45) is 0 Å². The summed E-state index contributed by atoms with van der Waals surface area (Å²) in [6.45, 7) is 4.86. The quantitative estimate of drug-likeness (QED) is 0.446. The summed E-state index contributed by atoms with van der Waals surface area (Å²) < 4.78 is 5.88. The summed E-state index contributed by atoms with van der Waals surface area (Å²) in [7, 11) is 1.65. The Morgan fingerprint density at radius 1 is 1.33 bits per heavy atom. The van der Waals surface area contributed by atoms with Gasteiger partial charge in [-0.15, -0.1) is 29.7 Å². The van der Waals surface area contributed by atoms with Crippen LogP contribution in [0, 0.1) is 0 Å². The van der Waals surface area contributed by atoms with Crippen LogP contribution in [0.3, 0.4) is 0 Å². The predicted molar refractivity (Wildman–Crippen MR) is 103 cm³/mol. The lowest BCUT2D eigenvalue weighted by molar-refractivity contribution is -0.130. The monoisotopic (exact) mass is 381 g/mol. The Hall–Kier alpha value is -1.43. The largest absolute Gasteiger partial charge is 0.497 e. The lowest BCUT2D eigenvalue weighted by Crippen LogP contribution is -2.30. The second-order valence-electron chi connectivity index (χ2n) is 5.04. The van der Waals surface area contributed by atoms with Crippen LogP contribution >= 0.6 is 34.7 Å². The van der Waals surface area contributed by atoms with Crippen LogP contribution in [0.2, 0.25) is 4.34 Å². The average molecular weight is 382 g/mol. The minimum Gasteiger partial charge on any atom is -0.497 e. The van der Waals surface area contributed by atoms with Crippen molar-refractivity contribution in [2.45, 2.75) is 17.9 Å². The Morgan fingerprint density at radius 2 is 2.08 bits per heavy atom. The smallest absolute Gasteiger partial charge is 0.224 e. The Bertz CT molecular complexity index is 670. The minimum absolute atomic E-state index is 0.125. The number of ether oxygens (including phenoxy) is 1. The molecular formula is C18H20ClNO2S2. The van der Waals surface area contributed by atoms with Gasteiger partial charge in [0, 0.05) is 28.5 Å². The van der Waals surface area contributed by atoms with Gasteiger partial charge in [-0.25, -0.2) is 0 Å². The van der Waals surface area contributed by atoms with E-state index in [9.17, 15) is 4.79 Å². The number of hydrogen-bond acceptors (Lipinski definition) is 4. The van der Waals surface area contributed by atoms with Gasteiger partial charge in [0.25, 0.3) is 0 Å². The predicted octanol–water partition coefficient (Wildman–Crippen LogP) is 5.11. The molecule has 0 atom stereocenters. The molecule has 2 rings (SSSR count). The molecule has 0 bridgehead atoms. The van der Waals surface area contributed by atoms with Crippen LogP contribution in [0.5, 0.6) is 5.75 Å². The molecule has 24 heavy (non-hydrogen) atoms. The number of thioether (sulfide) groups is 1. The van der Waals surface area contributed by atoms with E-state index in [1.807, 2.05) is 41.3 Å². The molecule has 6 heteroatoms. The maximum atomic E-state index is 12.5. The van der Waals surface area contributed by atoms with Crippen molar-refractivity contribution < 1.29 is 9.53 Å². The highest BCUT2D eigenvalue weighted by Crippen LogP contribution is 2.24. The van der Waals surface area contributed by atoms with Gasteiger partial charge in [0.05, 0.1) is 18.0 Å². The molecule has 1 aromatic carbocycles. The average Bonchev–Trinajstić information content (AvgIpc) is 3.00. The van der Waals surface area contributed by atoms with E-state index < -0.39 is 0 Å². The highest BCUT2D eigenvalue weighted by atomic mass is 35.5. The molecule has 0 N–H and O–H groups in total. The number of amides is 1. The highest BCUT2D eigenvalue weighted by molar-refractivity contribution is 7.99. The Labute approximate surface area is 156 Å². The van der Waals surface area contributed by atoms with E-state index in [-0.39, 0.29) is 5.91 Å². The van der Waals surface area contributed by atoms with Crippen molar-refractivity contribution in [3.8, 4) is 5.75 Å². The second-order valence-corrected chi connectivity index (χ2v) is 8.01. The molecule has 0 spiro atoms. The van der Waals surface area contributed by atoms with Crippen LogP contribution < -0.4 is 4.74 Å². The van der Waals surface area contributed by atoms with E-state index in [4.69, 9.17) is 16.3 Å². The number of halogens is 1. The van der Waals surface area contributed by atoms with Crippen molar-refractivity contribution in [1.82, 2.24) is 4.90 Å². The Morgan fingerprint density at radius 3 is 2.67 bits per heavy atom. The number of methoxy groups -OCH3 is 1. The second kappa shape index (κ2) is 9.77. The lowest BCUT2D eigenvalue weighted by atomic mass is 10.3. The molecule has 2 aromatic rings. The van der Waals surface area contributed by atoms with E-state index in [0.29, 0.717) is 19.5 Å². The molecule has 0 fully saturated rings. The first-order chi connectivity index (χ1) is 11.6. The van der Waals surface area contributed by atoms with Gasteiger partial charge in [0.15, 0.2) is 0 Å². The third-order valence-electron chi connectivity index (χ3n) is 3.32. The summed E-state index contributed by atoms with van der Waals surface area (Å²) in [6.07, 6.45) is 2.24. The first-order valence-electron chi connectivity index (χ1n) is 7.52. The third kappa shape index (κ3) is 5.89. The van der Waals surface area contributed by atoms with Crippen LogP contribution in [0.25, 0.3) is 0 Å². The molecular weight excluding hydrogens is 362 g/mol. The van der Waals surface area contributed by atoms with Gasteiger partial charge >= 0.3 is 0 Å². The van der Waals surface area contributed by atoms with Gasteiger partial charge in [0.2, 0.25) is 5.91 Å². The molecule has 0 aliphatic rings.